The molecule has 0 unspecified atom stereocenters. The fourth-order valence-electron chi connectivity index (χ4n) is 2.32. The van der Waals surface area contributed by atoms with Crippen LogP contribution in [0.25, 0.3) is 0 Å². The summed E-state index contributed by atoms with van der Waals surface area (Å²) in [5, 5.41) is 8.10. The zero-order chi connectivity index (χ0) is 21.4. The average Bonchev–Trinajstić information content (AvgIpc) is 2.62. The molecule has 0 radical (unpaired) electrons. The van der Waals surface area contributed by atoms with Gasteiger partial charge in [-0.25, -0.2) is 0 Å². The molecule has 0 saturated carbocycles. The van der Waals surface area contributed by atoms with E-state index >= 15 is 0 Å². The molecule has 0 aliphatic heterocycles. The lowest BCUT2D eigenvalue weighted by Crippen LogP contribution is -2.40. The molecule has 2 aromatic rings. The van der Waals surface area contributed by atoms with Crippen LogP contribution in [0.15, 0.2) is 48.5 Å². The largest absolute Gasteiger partial charge is 0.457 e. The van der Waals surface area contributed by atoms with E-state index in [9.17, 15) is 22.8 Å². The van der Waals surface area contributed by atoms with Crippen LogP contribution in [0, 0.1) is 0 Å². The highest BCUT2D eigenvalue weighted by molar-refractivity contribution is 5.92. The van der Waals surface area contributed by atoms with Crippen molar-refractivity contribution >= 4 is 17.5 Å². The molecule has 0 aliphatic carbocycles. The number of carbonyl (C=O) groups is 2. The van der Waals surface area contributed by atoms with Gasteiger partial charge in [0.05, 0.1) is 18.7 Å². The monoisotopic (exact) mass is 409 g/mol. The highest BCUT2D eigenvalue weighted by atomic mass is 19.4. The Morgan fingerprint density at radius 2 is 1.41 bits per heavy atom. The number of rotatable bonds is 8. The second kappa shape index (κ2) is 9.92. The first-order valence-corrected chi connectivity index (χ1v) is 8.88. The van der Waals surface area contributed by atoms with E-state index < -0.39 is 11.7 Å². The Balaban J connectivity index is 1.81. The van der Waals surface area contributed by atoms with E-state index in [0.717, 1.165) is 12.1 Å². The van der Waals surface area contributed by atoms with E-state index in [1.165, 1.54) is 12.1 Å². The molecule has 2 amide bonds. The third-order valence-corrected chi connectivity index (χ3v) is 3.58. The van der Waals surface area contributed by atoms with Gasteiger partial charge < -0.3 is 15.4 Å². The van der Waals surface area contributed by atoms with Gasteiger partial charge in [0.15, 0.2) is 0 Å². The Morgan fingerprint density at radius 1 is 0.897 bits per heavy atom. The molecule has 29 heavy (non-hydrogen) atoms. The standard InChI is InChI=1S/C20H22F3N3O3/c1-13(2)25-18(27)11-24-12-19(28)26-15-5-9-17(10-6-15)29-16-7-3-14(4-8-16)20(21,22)23/h3-10,13,24H,11-12H2,1-2H3,(H,25,27)(H,26,28). The number of halogens is 3. The number of carbonyl (C=O) groups excluding carboxylic acids is 2. The van der Waals surface area contributed by atoms with Gasteiger partial charge in [0.2, 0.25) is 11.8 Å². The predicted molar refractivity (Wildman–Crippen MR) is 103 cm³/mol. The number of ether oxygens (including phenoxy) is 1. The van der Waals surface area contributed by atoms with Crippen LogP contribution in [0.3, 0.4) is 0 Å². The molecule has 0 atom stereocenters. The SMILES string of the molecule is CC(C)NC(=O)CNCC(=O)Nc1ccc(Oc2ccc(C(F)(F)F)cc2)cc1. The fraction of sp³-hybridized carbons (Fsp3) is 0.300. The first kappa shape index (κ1) is 22.2. The summed E-state index contributed by atoms with van der Waals surface area (Å²) in [5.41, 5.74) is -0.235. The predicted octanol–water partition coefficient (Wildman–Crippen LogP) is 3.55. The van der Waals surface area contributed by atoms with E-state index in [-0.39, 0.29) is 36.7 Å². The summed E-state index contributed by atoms with van der Waals surface area (Å²) in [6, 6.07) is 10.7. The maximum absolute atomic E-state index is 12.6. The maximum Gasteiger partial charge on any atom is 0.416 e. The summed E-state index contributed by atoms with van der Waals surface area (Å²) in [4.78, 5) is 23.4. The number of nitrogens with one attached hydrogen (secondary N) is 3. The normalized spacial score (nSPS) is 11.2. The van der Waals surface area contributed by atoms with Crippen molar-refractivity contribution in [2.75, 3.05) is 18.4 Å². The molecule has 0 aliphatic rings. The van der Waals surface area contributed by atoms with E-state index in [1.54, 1.807) is 24.3 Å². The summed E-state index contributed by atoms with van der Waals surface area (Å²) < 4.78 is 43.2. The van der Waals surface area contributed by atoms with Crippen LogP contribution in [-0.4, -0.2) is 30.9 Å². The summed E-state index contributed by atoms with van der Waals surface area (Å²) in [7, 11) is 0. The molecule has 0 bridgehead atoms. The fourth-order valence-corrected chi connectivity index (χ4v) is 2.32. The summed E-state index contributed by atoms with van der Waals surface area (Å²) in [5.74, 6) is 0.154. The highest BCUT2D eigenvalue weighted by Gasteiger charge is 2.30. The lowest BCUT2D eigenvalue weighted by Gasteiger charge is -2.11. The Labute approximate surface area is 166 Å². The topological polar surface area (TPSA) is 79.5 Å². The van der Waals surface area contributed by atoms with Gasteiger partial charge >= 0.3 is 6.18 Å². The molecular formula is C20H22F3N3O3. The molecule has 3 N–H and O–H groups in total. The molecule has 9 heteroatoms. The van der Waals surface area contributed by atoms with E-state index in [4.69, 9.17) is 4.74 Å². The van der Waals surface area contributed by atoms with Crippen molar-refractivity contribution in [1.82, 2.24) is 10.6 Å². The summed E-state index contributed by atoms with van der Waals surface area (Å²) in [6.45, 7) is 3.69. The number of hydrogen-bond acceptors (Lipinski definition) is 4. The minimum Gasteiger partial charge on any atom is -0.457 e. The second-order valence-corrected chi connectivity index (χ2v) is 6.52. The molecule has 0 aromatic heterocycles. The molecule has 0 heterocycles. The van der Waals surface area contributed by atoms with Crippen LogP contribution in [0.5, 0.6) is 11.5 Å². The highest BCUT2D eigenvalue weighted by Crippen LogP contribution is 2.31. The summed E-state index contributed by atoms with van der Waals surface area (Å²) >= 11 is 0. The van der Waals surface area contributed by atoms with E-state index in [1.807, 2.05) is 13.8 Å². The molecule has 0 saturated heterocycles. The Kier molecular flexibility index (Phi) is 7.60. The second-order valence-electron chi connectivity index (χ2n) is 6.52. The van der Waals surface area contributed by atoms with Gasteiger partial charge in [-0.05, 0) is 62.4 Å². The minimum atomic E-state index is -4.40. The molecule has 0 spiro atoms. The maximum atomic E-state index is 12.6. The number of hydrogen-bond donors (Lipinski definition) is 3. The van der Waals surface area contributed by atoms with Gasteiger partial charge in [0.25, 0.3) is 0 Å². The van der Waals surface area contributed by atoms with Crippen molar-refractivity contribution in [2.24, 2.45) is 0 Å². The van der Waals surface area contributed by atoms with Crippen molar-refractivity contribution in [3.63, 3.8) is 0 Å². The number of benzene rings is 2. The van der Waals surface area contributed by atoms with Crippen LogP contribution in [0.1, 0.15) is 19.4 Å². The minimum absolute atomic E-state index is 0.0291. The van der Waals surface area contributed by atoms with Gasteiger partial charge in [-0.3, -0.25) is 14.9 Å². The first-order chi connectivity index (χ1) is 13.6. The summed E-state index contributed by atoms with van der Waals surface area (Å²) in [6.07, 6.45) is -4.40. The van der Waals surface area contributed by atoms with Crippen LogP contribution in [-0.2, 0) is 15.8 Å². The van der Waals surface area contributed by atoms with Crippen LogP contribution >= 0.6 is 0 Å². The molecule has 6 nitrogen and oxygen atoms in total. The van der Waals surface area contributed by atoms with Gasteiger partial charge in [0, 0.05) is 11.7 Å². The molecule has 156 valence electrons. The van der Waals surface area contributed by atoms with Gasteiger partial charge in [-0.15, -0.1) is 0 Å². The van der Waals surface area contributed by atoms with Crippen LogP contribution in [0.4, 0.5) is 18.9 Å². The van der Waals surface area contributed by atoms with Crippen molar-refractivity contribution in [3.05, 3.63) is 54.1 Å². The van der Waals surface area contributed by atoms with Crippen molar-refractivity contribution in [3.8, 4) is 11.5 Å². The van der Waals surface area contributed by atoms with Crippen LogP contribution in [0.2, 0.25) is 0 Å². The molecule has 0 fully saturated rings. The molecule has 2 aromatic carbocycles. The van der Waals surface area contributed by atoms with E-state index in [0.29, 0.717) is 11.4 Å². The van der Waals surface area contributed by atoms with Crippen molar-refractivity contribution < 1.29 is 27.5 Å². The van der Waals surface area contributed by atoms with Gasteiger partial charge in [-0.2, -0.15) is 13.2 Å². The van der Waals surface area contributed by atoms with Gasteiger partial charge in [0.1, 0.15) is 11.5 Å². The first-order valence-electron chi connectivity index (χ1n) is 8.88. The number of anilines is 1. The van der Waals surface area contributed by atoms with Gasteiger partial charge in [-0.1, -0.05) is 0 Å². The zero-order valence-corrected chi connectivity index (χ0v) is 16.0. The third kappa shape index (κ3) is 7.82. The van der Waals surface area contributed by atoms with E-state index in [2.05, 4.69) is 16.0 Å². The third-order valence-electron chi connectivity index (χ3n) is 3.58. The smallest absolute Gasteiger partial charge is 0.416 e. The molecule has 2 rings (SSSR count). The lowest BCUT2D eigenvalue weighted by molar-refractivity contribution is -0.137. The van der Waals surface area contributed by atoms with Crippen LogP contribution < -0.4 is 20.7 Å². The van der Waals surface area contributed by atoms with Crippen molar-refractivity contribution in [1.29, 1.82) is 0 Å². The Bertz CT molecular complexity index is 820. The average molecular weight is 409 g/mol. The lowest BCUT2D eigenvalue weighted by atomic mass is 10.2. The number of amides is 2. The quantitative estimate of drug-likeness (QED) is 0.623. The Morgan fingerprint density at radius 3 is 1.93 bits per heavy atom. The van der Waals surface area contributed by atoms with Crippen molar-refractivity contribution in [2.45, 2.75) is 26.1 Å². The Hall–Kier alpha value is -3.07. The number of alkyl halides is 3. The zero-order valence-electron chi connectivity index (χ0n) is 16.0. The molecular weight excluding hydrogens is 387 g/mol.